The zero-order valence-corrected chi connectivity index (χ0v) is 9.58. The van der Waals surface area contributed by atoms with Crippen molar-refractivity contribution in [2.24, 2.45) is 17.6 Å². The van der Waals surface area contributed by atoms with E-state index in [0.29, 0.717) is 0 Å². The second-order valence-electron chi connectivity index (χ2n) is 5.35. The van der Waals surface area contributed by atoms with Crippen molar-refractivity contribution in [3.8, 4) is 0 Å². The molecule has 1 saturated carbocycles. The van der Waals surface area contributed by atoms with Gasteiger partial charge in [-0.2, -0.15) is 0 Å². The van der Waals surface area contributed by atoms with Gasteiger partial charge in [-0.25, -0.2) is 0 Å². The minimum Gasteiger partial charge on any atom is -0.330 e. The normalized spacial score (nSPS) is 44.8. The minimum atomic E-state index is 0.763. The average molecular weight is 196 g/mol. The van der Waals surface area contributed by atoms with Crippen molar-refractivity contribution in [1.82, 2.24) is 4.90 Å². The first kappa shape index (κ1) is 10.4. The van der Waals surface area contributed by atoms with Crippen LogP contribution in [-0.4, -0.2) is 30.1 Å². The van der Waals surface area contributed by atoms with Crippen LogP contribution in [0.15, 0.2) is 0 Å². The Morgan fingerprint density at radius 1 is 1.14 bits per heavy atom. The van der Waals surface area contributed by atoms with Crippen molar-refractivity contribution in [2.45, 2.75) is 51.6 Å². The van der Waals surface area contributed by atoms with Crippen molar-refractivity contribution >= 4 is 0 Å². The first-order chi connectivity index (χ1) is 6.72. The Bertz CT molecular complexity index is 193. The molecule has 1 aliphatic heterocycles. The molecule has 1 saturated heterocycles. The van der Waals surface area contributed by atoms with Crippen LogP contribution in [0.3, 0.4) is 0 Å². The number of hydrogen-bond acceptors (Lipinski definition) is 2. The van der Waals surface area contributed by atoms with Gasteiger partial charge in [-0.3, -0.25) is 4.90 Å². The van der Waals surface area contributed by atoms with Crippen LogP contribution in [0.4, 0.5) is 0 Å². The third-order valence-electron chi connectivity index (χ3n) is 4.36. The molecule has 2 rings (SSSR count). The maximum absolute atomic E-state index is 5.78. The van der Waals surface area contributed by atoms with Gasteiger partial charge in [0.2, 0.25) is 0 Å². The van der Waals surface area contributed by atoms with Gasteiger partial charge in [0.05, 0.1) is 0 Å². The van der Waals surface area contributed by atoms with E-state index in [4.69, 9.17) is 5.73 Å². The van der Waals surface area contributed by atoms with Gasteiger partial charge in [0.15, 0.2) is 0 Å². The summed E-state index contributed by atoms with van der Waals surface area (Å²) in [4.78, 5) is 2.73. The van der Waals surface area contributed by atoms with E-state index < -0.39 is 0 Å². The van der Waals surface area contributed by atoms with Crippen LogP contribution in [0.1, 0.15) is 39.5 Å². The molecule has 0 radical (unpaired) electrons. The second kappa shape index (κ2) is 4.19. The van der Waals surface area contributed by atoms with E-state index in [1.165, 1.54) is 32.2 Å². The Balaban J connectivity index is 1.94. The van der Waals surface area contributed by atoms with Gasteiger partial charge in [-0.1, -0.05) is 6.92 Å². The molecule has 2 heteroatoms. The van der Waals surface area contributed by atoms with Gasteiger partial charge in [-0.05, 0) is 51.0 Å². The van der Waals surface area contributed by atoms with Crippen LogP contribution in [-0.2, 0) is 0 Å². The number of rotatable bonds is 2. The van der Waals surface area contributed by atoms with Crippen LogP contribution in [0, 0.1) is 11.8 Å². The van der Waals surface area contributed by atoms with Crippen molar-refractivity contribution < 1.29 is 0 Å². The van der Waals surface area contributed by atoms with Crippen molar-refractivity contribution in [2.75, 3.05) is 13.1 Å². The Labute approximate surface area is 87.8 Å². The summed E-state index contributed by atoms with van der Waals surface area (Å²) < 4.78 is 0. The molecule has 1 aliphatic carbocycles. The molecule has 2 fully saturated rings. The van der Waals surface area contributed by atoms with Gasteiger partial charge in [0, 0.05) is 18.6 Å². The van der Waals surface area contributed by atoms with E-state index in [0.717, 1.165) is 30.5 Å². The van der Waals surface area contributed by atoms with E-state index in [9.17, 15) is 0 Å². The Hall–Kier alpha value is -0.0800. The van der Waals surface area contributed by atoms with Crippen LogP contribution in [0.5, 0.6) is 0 Å². The van der Waals surface area contributed by atoms with Gasteiger partial charge in [0.1, 0.15) is 0 Å². The second-order valence-corrected chi connectivity index (χ2v) is 5.35. The molecule has 0 spiro atoms. The lowest BCUT2D eigenvalue weighted by atomic mass is 9.77. The van der Waals surface area contributed by atoms with Gasteiger partial charge in [-0.15, -0.1) is 0 Å². The standard InChI is InChI=1S/C12H24N2/c1-9-3-6-12(9)14-8-11(7-13)5-4-10(14)2/h9-12H,3-8,13H2,1-2H3. The fraction of sp³-hybridized carbons (Fsp3) is 1.00. The zero-order valence-electron chi connectivity index (χ0n) is 9.58. The first-order valence-electron chi connectivity index (χ1n) is 6.18. The summed E-state index contributed by atoms with van der Waals surface area (Å²) in [6, 6.07) is 1.67. The monoisotopic (exact) mass is 196 g/mol. The lowest BCUT2D eigenvalue weighted by molar-refractivity contribution is 0.00278. The number of nitrogens with two attached hydrogens (primary N) is 1. The highest BCUT2D eigenvalue weighted by molar-refractivity contribution is 4.91. The number of nitrogens with zero attached hydrogens (tertiary/aromatic N) is 1. The van der Waals surface area contributed by atoms with Crippen LogP contribution < -0.4 is 5.73 Å². The smallest absolute Gasteiger partial charge is 0.0124 e. The third-order valence-corrected chi connectivity index (χ3v) is 4.36. The molecule has 2 N–H and O–H groups in total. The van der Waals surface area contributed by atoms with Gasteiger partial charge < -0.3 is 5.73 Å². The molecule has 0 aromatic carbocycles. The first-order valence-corrected chi connectivity index (χ1v) is 6.18. The molecular weight excluding hydrogens is 172 g/mol. The fourth-order valence-electron chi connectivity index (χ4n) is 3.01. The van der Waals surface area contributed by atoms with Gasteiger partial charge >= 0.3 is 0 Å². The van der Waals surface area contributed by atoms with Gasteiger partial charge in [0.25, 0.3) is 0 Å². The molecule has 0 aromatic rings. The average Bonchev–Trinajstić information content (AvgIpc) is 2.19. The van der Waals surface area contributed by atoms with Crippen molar-refractivity contribution in [3.63, 3.8) is 0 Å². The predicted molar refractivity (Wildman–Crippen MR) is 60.1 cm³/mol. The van der Waals surface area contributed by atoms with E-state index >= 15 is 0 Å². The lowest BCUT2D eigenvalue weighted by Gasteiger charge is -2.49. The summed E-state index contributed by atoms with van der Waals surface area (Å²) in [6.07, 6.45) is 5.55. The van der Waals surface area contributed by atoms with E-state index in [2.05, 4.69) is 18.7 Å². The number of likely N-dealkylation sites (tertiary alicyclic amines) is 1. The minimum absolute atomic E-state index is 0.763. The topological polar surface area (TPSA) is 29.3 Å². The predicted octanol–water partition coefficient (Wildman–Crippen LogP) is 1.84. The maximum Gasteiger partial charge on any atom is 0.0124 e. The highest BCUT2D eigenvalue weighted by Gasteiger charge is 2.37. The molecule has 4 unspecified atom stereocenters. The molecule has 82 valence electrons. The SMILES string of the molecule is CC1CCC1N1CC(CN)CCC1C. The van der Waals surface area contributed by atoms with E-state index in [-0.39, 0.29) is 0 Å². The number of hydrogen-bond donors (Lipinski definition) is 1. The van der Waals surface area contributed by atoms with Crippen LogP contribution in [0.2, 0.25) is 0 Å². The summed E-state index contributed by atoms with van der Waals surface area (Å²) in [5, 5.41) is 0. The van der Waals surface area contributed by atoms with E-state index in [1.54, 1.807) is 0 Å². The Kier molecular flexibility index (Phi) is 3.13. The number of piperidine rings is 1. The molecule has 1 heterocycles. The third kappa shape index (κ3) is 1.82. The van der Waals surface area contributed by atoms with Crippen molar-refractivity contribution in [1.29, 1.82) is 0 Å². The molecule has 0 aromatic heterocycles. The van der Waals surface area contributed by atoms with Crippen LogP contribution >= 0.6 is 0 Å². The maximum atomic E-state index is 5.78. The molecular formula is C12H24N2. The quantitative estimate of drug-likeness (QED) is 0.730. The molecule has 0 amide bonds. The highest BCUT2D eigenvalue weighted by atomic mass is 15.2. The molecule has 0 bridgehead atoms. The summed E-state index contributed by atoms with van der Waals surface area (Å²) in [7, 11) is 0. The Morgan fingerprint density at radius 2 is 1.93 bits per heavy atom. The molecule has 2 nitrogen and oxygen atoms in total. The lowest BCUT2D eigenvalue weighted by Crippen LogP contribution is -2.54. The molecule has 2 aliphatic rings. The summed E-state index contributed by atoms with van der Waals surface area (Å²) >= 11 is 0. The Morgan fingerprint density at radius 3 is 2.43 bits per heavy atom. The fourth-order valence-corrected chi connectivity index (χ4v) is 3.01. The molecule has 4 atom stereocenters. The molecule has 14 heavy (non-hydrogen) atoms. The summed E-state index contributed by atoms with van der Waals surface area (Å²) in [5.41, 5.74) is 5.78. The van der Waals surface area contributed by atoms with Crippen molar-refractivity contribution in [3.05, 3.63) is 0 Å². The zero-order chi connectivity index (χ0) is 10.1. The largest absolute Gasteiger partial charge is 0.330 e. The summed E-state index contributed by atoms with van der Waals surface area (Å²) in [5.74, 6) is 1.69. The highest BCUT2D eigenvalue weighted by Crippen LogP contribution is 2.36. The summed E-state index contributed by atoms with van der Waals surface area (Å²) in [6.45, 7) is 6.92. The van der Waals surface area contributed by atoms with E-state index in [1.807, 2.05) is 0 Å². The van der Waals surface area contributed by atoms with Crippen LogP contribution in [0.25, 0.3) is 0 Å².